The first-order chi connectivity index (χ1) is 13.8. The van der Waals surface area contributed by atoms with Gasteiger partial charge in [0, 0.05) is 30.1 Å². The Hall–Kier alpha value is -3.28. The van der Waals surface area contributed by atoms with E-state index in [1.54, 1.807) is 20.8 Å². The van der Waals surface area contributed by atoms with Gasteiger partial charge in [0.2, 0.25) is 5.91 Å². The van der Waals surface area contributed by atoms with E-state index in [1.165, 1.54) is 0 Å². The molecule has 3 N–H and O–H groups in total. The zero-order valence-corrected chi connectivity index (χ0v) is 17.0. The monoisotopic (exact) mass is 393 g/mol. The van der Waals surface area contributed by atoms with E-state index >= 15 is 0 Å². The number of carbonyl (C=O) groups is 2. The Morgan fingerprint density at radius 3 is 2.45 bits per heavy atom. The van der Waals surface area contributed by atoms with Crippen LogP contribution < -0.4 is 10.6 Å². The fraction of sp³-hybridized carbons (Fsp3) is 0.304. The summed E-state index contributed by atoms with van der Waals surface area (Å²) in [5, 5.41) is 6.66. The molecular formula is C23H27N3O3. The second-order valence-corrected chi connectivity index (χ2v) is 7.97. The van der Waals surface area contributed by atoms with Crippen LogP contribution in [0.4, 0.5) is 4.79 Å². The molecule has 1 aromatic heterocycles. The molecule has 6 heteroatoms. The minimum Gasteiger partial charge on any atom is -0.444 e. The maximum absolute atomic E-state index is 12.9. The van der Waals surface area contributed by atoms with E-state index in [-0.39, 0.29) is 5.91 Å². The molecule has 3 rings (SSSR count). The smallest absolute Gasteiger partial charge is 0.408 e. The van der Waals surface area contributed by atoms with E-state index < -0.39 is 17.7 Å². The Balaban J connectivity index is 1.75. The molecule has 152 valence electrons. The number of amides is 2. The first-order valence-electron chi connectivity index (χ1n) is 9.68. The van der Waals surface area contributed by atoms with Crippen LogP contribution in [0.1, 0.15) is 31.9 Å². The van der Waals surface area contributed by atoms with Gasteiger partial charge in [-0.05, 0) is 38.0 Å². The van der Waals surface area contributed by atoms with Crippen molar-refractivity contribution in [2.75, 3.05) is 0 Å². The number of aromatic nitrogens is 1. The van der Waals surface area contributed by atoms with E-state index in [0.717, 1.165) is 22.0 Å². The Bertz CT molecular complexity index is 974. The Kier molecular flexibility index (Phi) is 6.22. The van der Waals surface area contributed by atoms with E-state index in [0.29, 0.717) is 13.0 Å². The lowest BCUT2D eigenvalue weighted by Crippen LogP contribution is -2.49. The molecule has 6 nitrogen and oxygen atoms in total. The van der Waals surface area contributed by atoms with Gasteiger partial charge in [-0.3, -0.25) is 4.79 Å². The fourth-order valence-electron chi connectivity index (χ4n) is 3.09. The lowest BCUT2D eigenvalue weighted by atomic mass is 10.0. The van der Waals surface area contributed by atoms with Gasteiger partial charge in [0.1, 0.15) is 11.6 Å². The number of fused-ring (bicyclic) bond motifs is 1. The summed E-state index contributed by atoms with van der Waals surface area (Å²) >= 11 is 0. The number of hydrogen-bond donors (Lipinski definition) is 3. The van der Waals surface area contributed by atoms with Crippen LogP contribution in [-0.4, -0.2) is 28.6 Å². The number of H-pyrrole nitrogens is 1. The molecule has 0 saturated carbocycles. The van der Waals surface area contributed by atoms with Crippen molar-refractivity contribution in [1.29, 1.82) is 0 Å². The van der Waals surface area contributed by atoms with Gasteiger partial charge >= 0.3 is 6.09 Å². The van der Waals surface area contributed by atoms with Crippen LogP contribution in [0.5, 0.6) is 0 Å². The first kappa shape index (κ1) is 20.5. The molecular weight excluding hydrogens is 366 g/mol. The topological polar surface area (TPSA) is 83.2 Å². The Labute approximate surface area is 170 Å². The van der Waals surface area contributed by atoms with Crippen molar-refractivity contribution in [2.24, 2.45) is 0 Å². The third kappa shape index (κ3) is 5.85. The van der Waals surface area contributed by atoms with Crippen molar-refractivity contribution < 1.29 is 14.3 Å². The Morgan fingerprint density at radius 1 is 1.03 bits per heavy atom. The summed E-state index contributed by atoms with van der Waals surface area (Å²) in [4.78, 5) is 28.4. The summed E-state index contributed by atoms with van der Waals surface area (Å²) in [6, 6.07) is 16.8. The molecule has 1 unspecified atom stereocenters. The highest BCUT2D eigenvalue weighted by molar-refractivity contribution is 5.88. The van der Waals surface area contributed by atoms with E-state index in [4.69, 9.17) is 4.74 Å². The minimum absolute atomic E-state index is 0.259. The molecule has 29 heavy (non-hydrogen) atoms. The zero-order chi connectivity index (χ0) is 20.9. The molecule has 2 aromatic carbocycles. The molecule has 0 aliphatic rings. The number of alkyl carbamates (subject to hydrolysis) is 1. The number of hydrogen-bond acceptors (Lipinski definition) is 3. The lowest BCUT2D eigenvalue weighted by Gasteiger charge is -2.23. The van der Waals surface area contributed by atoms with E-state index in [2.05, 4.69) is 15.6 Å². The van der Waals surface area contributed by atoms with Crippen LogP contribution >= 0.6 is 0 Å². The van der Waals surface area contributed by atoms with Gasteiger partial charge in [-0.15, -0.1) is 0 Å². The van der Waals surface area contributed by atoms with Crippen LogP contribution in [0.3, 0.4) is 0 Å². The number of ether oxygens (including phenoxy) is 1. The van der Waals surface area contributed by atoms with Crippen LogP contribution in [0.25, 0.3) is 10.9 Å². The van der Waals surface area contributed by atoms with Crippen molar-refractivity contribution in [3.63, 3.8) is 0 Å². The van der Waals surface area contributed by atoms with Gasteiger partial charge in [0.25, 0.3) is 0 Å². The van der Waals surface area contributed by atoms with Crippen molar-refractivity contribution in [3.05, 3.63) is 71.9 Å². The number of benzene rings is 2. The fourth-order valence-corrected chi connectivity index (χ4v) is 3.09. The summed E-state index contributed by atoms with van der Waals surface area (Å²) in [5.74, 6) is -0.259. The number of nitrogens with one attached hydrogen (secondary N) is 3. The van der Waals surface area contributed by atoms with Crippen LogP contribution in [0.15, 0.2) is 60.8 Å². The summed E-state index contributed by atoms with van der Waals surface area (Å²) in [5.41, 5.74) is 2.29. The lowest BCUT2D eigenvalue weighted by molar-refractivity contribution is -0.123. The van der Waals surface area contributed by atoms with Crippen molar-refractivity contribution >= 4 is 22.9 Å². The first-order valence-corrected chi connectivity index (χ1v) is 9.68. The second kappa shape index (κ2) is 8.82. The molecule has 0 fully saturated rings. The van der Waals surface area contributed by atoms with Gasteiger partial charge in [-0.1, -0.05) is 48.5 Å². The van der Waals surface area contributed by atoms with E-state index in [1.807, 2.05) is 60.8 Å². The second-order valence-electron chi connectivity index (χ2n) is 7.97. The molecule has 1 atom stereocenters. The third-order valence-electron chi connectivity index (χ3n) is 4.42. The highest BCUT2D eigenvalue weighted by Crippen LogP contribution is 2.19. The molecule has 0 aliphatic carbocycles. The Morgan fingerprint density at radius 2 is 1.72 bits per heavy atom. The molecule has 0 bridgehead atoms. The van der Waals surface area contributed by atoms with Crippen molar-refractivity contribution in [1.82, 2.24) is 15.6 Å². The molecule has 2 amide bonds. The largest absolute Gasteiger partial charge is 0.444 e. The van der Waals surface area contributed by atoms with Gasteiger partial charge in [0.15, 0.2) is 0 Å². The predicted octanol–water partition coefficient (Wildman–Crippen LogP) is 3.92. The molecule has 0 radical (unpaired) electrons. The molecule has 3 aromatic rings. The number of para-hydroxylation sites is 1. The molecule has 0 spiro atoms. The maximum atomic E-state index is 12.9. The average molecular weight is 393 g/mol. The molecule has 1 heterocycles. The predicted molar refractivity (Wildman–Crippen MR) is 113 cm³/mol. The average Bonchev–Trinajstić information content (AvgIpc) is 3.08. The summed E-state index contributed by atoms with van der Waals surface area (Å²) < 4.78 is 5.35. The highest BCUT2D eigenvalue weighted by Gasteiger charge is 2.25. The number of carbonyl (C=O) groups excluding carboxylic acids is 2. The minimum atomic E-state index is -0.757. The van der Waals surface area contributed by atoms with Crippen LogP contribution in [-0.2, 0) is 22.5 Å². The summed E-state index contributed by atoms with van der Waals surface area (Å²) in [6.07, 6.45) is 1.61. The van der Waals surface area contributed by atoms with Gasteiger partial charge < -0.3 is 20.4 Å². The zero-order valence-electron chi connectivity index (χ0n) is 17.0. The van der Waals surface area contributed by atoms with Crippen molar-refractivity contribution in [2.45, 2.75) is 45.4 Å². The number of aromatic amines is 1. The molecule has 0 aliphatic heterocycles. The normalized spacial score (nSPS) is 12.4. The van der Waals surface area contributed by atoms with Gasteiger partial charge in [-0.2, -0.15) is 0 Å². The quantitative estimate of drug-likeness (QED) is 0.594. The van der Waals surface area contributed by atoms with Crippen LogP contribution in [0.2, 0.25) is 0 Å². The molecule has 0 saturated heterocycles. The number of rotatable bonds is 6. The summed E-state index contributed by atoms with van der Waals surface area (Å²) in [6.45, 7) is 5.75. The van der Waals surface area contributed by atoms with Gasteiger partial charge in [0.05, 0.1) is 0 Å². The van der Waals surface area contributed by atoms with Crippen LogP contribution in [0, 0.1) is 0 Å². The van der Waals surface area contributed by atoms with Gasteiger partial charge in [-0.25, -0.2) is 4.79 Å². The maximum Gasteiger partial charge on any atom is 0.408 e. The third-order valence-corrected chi connectivity index (χ3v) is 4.42. The SMILES string of the molecule is CC(C)(C)OC(=O)NC(Cc1c[nH]c2ccccc12)C(=O)NCc1ccccc1. The standard InChI is InChI=1S/C23H27N3O3/c1-23(2,3)29-22(28)26-20(21(27)25-14-16-9-5-4-6-10-16)13-17-15-24-19-12-8-7-11-18(17)19/h4-12,15,20,24H,13-14H2,1-3H3,(H,25,27)(H,26,28). The van der Waals surface area contributed by atoms with Crippen molar-refractivity contribution in [3.8, 4) is 0 Å². The van der Waals surface area contributed by atoms with E-state index in [9.17, 15) is 9.59 Å². The summed E-state index contributed by atoms with van der Waals surface area (Å²) in [7, 11) is 0. The highest BCUT2D eigenvalue weighted by atomic mass is 16.6.